The molecule has 10 heteroatoms. The molecule has 0 amide bonds. The van der Waals surface area contributed by atoms with E-state index in [1.54, 1.807) is 34.6 Å². The van der Waals surface area contributed by atoms with Crippen molar-refractivity contribution in [2.75, 3.05) is 18.9 Å². The molecular weight excluding hydrogens is 380 g/mol. The van der Waals surface area contributed by atoms with Gasteiger partial charge in [-0.05, 0) is 6.07 Å². The van der Waals surface area contributed by atoms with Crippen molar-refractivity contribution in [2.45, 2.75) is 52.6 Å². The van der Waals surface area contributed by atoms with Gasteiger partial charge in [-0.3, -0.25) is 14.2 Å². The molecule has 29 heavy (non-hydrogen) atoms. The number of esters is 2. The van der Waals surface area contributed by atoms with Gasteiger partial charge in [-0.15, -0.1) is 0 Å². The van der Waals surface area contributed by atoms with Crippen molar-refractivity contribution in [3.05, 3.63) is 22.7 Å². The summed E-state index contributed by atoms with van der Waals surface area (Å²) in [5.74, 6) is -1.99. The number of hydrogen-bond donors (Lipinski definition) is 2. The minimum Gasteiger partial charge on any atom is -0.462 e. The van der Waals surface area contributed by atoms with Crippen LogP contribution in [0.4, 0.5) is 5.82 Å². The first-order valence-electron chi connectivity index (χ1n) is 9.62. The average molecular weight is 410 g/mol. The number of ether oxygens (including phenoxy) is 3. The van der Waals surface area contributed by atoms with Crippen LogP contribution >= 0.6 is 0 Å². The molecule has 4 N–H and O–H groups in total. The third-order valence-electron chi connectivity index (χ3n) is 4.92. The summed E-state index contributed by atoms with van der Waals surface area (Å²) >= 11 is 0. The molecule has 0 spiro atoms. The lowest BCUT2D eigenvalue weighted by molar-refractivity contribution is -0.179. The number of nitrogens with zero attached hydrogens (tertiary/aromatic N) is 2. The van der Waals surface area contributed by atoms with E-state index in [-0.39, 0.29) is 30.8 Å². The number of rotatable bonds is 7. The largest absolute Gasteiger partial charge is 0.462 e. The Kier molecular flexibility index (Phi) is 7.02. The fourth-order valence-corrected chi connectivity index (χ4v) is 3.15. The van der Waals surface area contributed by atoms with E-state index in [4.69, 9.17) is 25.7 Å². The van der Waals surface area contributed by atoms with Crippen molar-refractivity contribution in [2.24, 2.45) is 23.5 Å². The number of carbonyl (C=O) groups is 2. The van der Waals surface area contributed by atoms with Gasteiger partial charge in [0.1, 0.15) is 24.8 Å². The lowest BCUT2D eigenvalue weighted by atomic mass is 9.90. The van der Waals surface area contributed by atoms with E-state index in [0.717, 1.165) is 0 Å². The number of nitrogen functional groups attached to an aromatic ring is 1. The first-order valence-corrected chi connectivity index (χ1v) is 9.62. The van der Waals surface area contributed by atoms with Crippen LogP contribution in [0.25, 0.3) is 0 Å². The summed E-state index contributed by atoms with van der Waals surface area (Å²) in [5, 5.41) is 0. The van der Waals surface area contributed by atoms with Crippen molar-refractivity contribution >= 4 is 17.8 Å². The highest BCUT2D eigenvalue weighted by molar-refractivity contribution is 5.72. The molecule has 0 radical (unpaired) electrons. The molecule has 0 aliphatic carbocycles. The normalized spacial score (nSPS) is 26.7. The van der Waals surface area contributed by atoms with Crippen LogP contribution in [-0.4, -0.2) is 46.3 Å². The molecule has 0 aromatic carbocycles. The van der Waals surface area contributed by atoms with Gasteiger partial charge in [0, 0.05) is 18.7 Å². The fraction of sp³-hybridized carbons (Fsp3) is 0.684. The molecule has 0 bridgehead atoms. The van der Waals surface area contributed by atoms with Crippen molar-refractivity contribution in [3.63, 3.8) is 0 Å². The molecular formula is C19H30N4O6. The molecule has 0 saturated carbocycles. The first-order chi connectivity index (χ1) is 13.5. The summed E-state index contributed by atoms with van der Waals surface area (Å²) < 4.78 is 18.5. The number of hydrogen-bond acceptors (Lipinski definition) is 9. The summed E-state index contributed by atoms with van der Waals surface area (Å²) in [6, 6.07) is 1.47. The second-order valence-electron chi connectivity index (χ2n) is 7.95. The molecule has 10 nitrogen and oxygen atoms in total. The number of anilines is 1. The minimum atomic E-state index is -1.31. The van der Waals surface area contributed by atoms with Crippen LogP contribution < -0.4 is 17.2 Å². The molecule has 1 aliphatic rings. The lowest BCUT2D eigenvalue weighted by Gasteiger charge is -2.33. The van der Waals surface area contributed by atoms with Crippen LogP contribution in [0.1, 0.15) is 40.8 Å². The Morgan fingerprint density at radius 2 is 1.90 bits per heavy atom. The topological polar surface area (TPSA) is 149 Å². The maximum absolute atomic E-state index is 12.3. The quantitative estimate of drug-likeness (QED) is 0.611. The average Bonchev–Trinajstić information content (AvgIpc) is 2.92. The molecule has 0 unspecified atom stereocenters. The van der Waals surface area contributed by atoms with Gasteiger partial charge < -0.3 is 25.7 Å². The highest BCUT2D eigenvalue weighted by Gasteiger charge is 2.57. The van der Waals surface area contributed by atoms with Crippen molar-refractivity contribution in [1.82, 2.24) is 9.55 Å². The third kappa shape index (κ3) is 4.76. The van der Waals surface area contributed by atoms with Crippen LogP contribution in [0, 0.1) is 17.8 Å². The Balaban J connectivity index is 2.42. The van der Waals surface area contributed by atoms with E-state index >= 15 is 0 Å². The van der Waals surface area contributed by atoms with E-state index in [0.29, 0.717) is 0 Å². The fourth-order valence-electron chi connectivity index (χ4n) is 3.15. The number of aromatic nitrogens is 2. The monoisotopic (exact) mass is 410 g/mol. The Morgan fingerprint density at radius 1 is 1.28 bits per heavy atom. The van der Waals surface area contributed by atoms with Gasteiger partial charge in [0.25, 0.3) is 0 Å². The van der Waals surface area contributed by atoms with Gasteiger partial charge in [-0.2, -0.15) is 4.98 Å². The Morgan fingerprint density at radius 3 is 2.41 bits per heavy atom. The summed E-state index contributed by atoms with van der Waals surface area (Å²) in [7, 11) is 0. The van der Waals surface area contributed by atoms with Crippen LogP contribution in [0.5, 0.6) is 0 Å². The molecule has 4 atom stereocenters. The van der Waals surface area contributed by atoms with Crippen LogP contribution in [0.15, 0.2) is 17.1 Å². The summed E-state index contributed by atoms with van der Waals surface area (Å²) in [6.45, 7) is 8.28. The van der Waals surface area contributed by atoms with Crippen LogP contribution in [0.2, 0.25) is 0 Å². The molecule has 1 aliphatic heterocycles. The molecule has 1 fully saturated rings. The zero-order valence-electron chi connectivity index (χ0n) is 17.5. The van der Waals surface area contributed by atoms with Crippen LogP contribution in [-0.2, 0) is 23.8 Å². The summed E-state index contributed by atoms with van der Waals surface area (Å²) in [5.41, 5.74) is 9.66. The predicted octanol–water partition coefficient (Wildman–Crippen LogP) is 0.455. The lowest BCUT2D eigenvalue weighted by Crippen LogP contribution is -2.53. The van der Waals surface area contributed by atoms with Gasteiger partial charge in [-0.25, -0.2) is 4.79 Å². The second-order valence-corrected chi connectivity index (χ2v) is 7.95. The smallest absolute Gasteiger partial charge is 0.351 e. The molecule has 1 saturated heterocycles. The van der Waals surface area contributed by atoms with Crippen molar-refractivity contribution < 1.29 is 23.8 Å². The zero-order valence-corrected chi connectivity index (χ0v) is 17.5. The Labute approximate surface area is 169 Å². The minimum absolute atomic E-state index is 0.0793. The predicted molar refractivity (Wildman–Crippen MR) is 104 cm³/mol. The van der Waals surface area contributed by atoms with E-state index in [2.05, 4.69) is 4.98 Å². The molecule has 1 aromatic heterocycles. The first kappa shape index (κ1) is 22.8. The molecule has 2 rings (SSSR count). The van der Waals surface area contributed by atoms with Crippen LogP contribution in [0.3, 0.4) is 0 Å². The van der Waals surface area contributed by atoms with E-state index in [9.17, 15) is 14.4 Å². The maximum Gasteiger partial charge on any atom is 0.351 e. The van der Waals surface area contributed by atoms with E-state index in [1.807, 2.05) is 0 Å². The van der Waals surface area contributed by atoms with Gasteiger partial charge in [-0.1, -0.05) is 34.6 Å². The van der Waals surface area contributed by atoms with Crippen molar-refractivity contribution in [1.29, 1.82) is 0 Å². The van der Waals surface area contributed by atoms with Gasteiger partial charge in [0.2, 0.25) is 0 Å². The summed E-state index contributed by atoms with van der Waals surface area (Å²) in [6.07, 6.45) is -0.210. The zero-order chi connectivity index (χ0) is 21.9. The van der Waals surface area contributed by atoms with Gasteiger partial charge >= 0.3 is 17.6 Å². The standard InChI is InChI=1S/C19H30N4O6/c1-10(2)16(24)27-9-19(8-20)14(28-17(25)11(3)4)12(5)15(29-19)23-7-6-13(21)22-18(23)26/h6-7,10-12,14-15H,8-9,20H2,1-5H3,(H2,21,22,26)/t12-,14-,15+,19+/m0/s1. The Bertz CT molecular complexity index is 808. The van der Waals surface area contributed by atoms with Gasteiger partial charge in [0.15, 0.2) is 5.60 Å². The number of nitrogens with two attached hydrogens (primary N) is 2. The number of carbonyl (C=O) groups excluding carboxylic acids is 2. The molecule has 162 valence electrons. The third-order valence-corrected chi connectivity index (χ3v) is 4.92. The van der Waals surface area contributed by atoms with E-state index in [1.165, 1.54) is 16.8 Å². The highest BCUT2D eigenvalue weighted by Crippen LogP contribution is 2.43. The summed E-state index contributed by atoms with van der Waals surface area (Å²) in [4.78, 5) is 40.4. The highest BCUT2D eigenvalue weighted by atomic mass is 16.6. The Hall–Kier alpha value is -2.46. The molecule has 1 aromatic rings. The van der Waals surface area contributed by atoms with Crippen molar-refractivity contribution in [3.8, 4) is 0 Å². The van der Waals surface area contributed by atoms with Gasteiger partial charge in [0.05, 0.1) is 11.8 Å². The SMILES string of the molecule is CC(C)C(=O)OC[C@@]1(CN)O[C@@H](n2ccc(N)nc2=O)[C@@H](C)[C@@H]1OC(=O)C(C)C. The molecule has 2 heterocycles. The second kappa shape index (κ2) is 8.91. The maximum atomic E-state index is 12.3. The van der Waals surface area contributed by atoms with E-state index < -0.39 is 41.5 Å².